The van der Waals surface area contributed by atoms with Gasteiger partial charge in [-0.15, -0.1) is 11.3 Å². The highest BCUT2D eigenvalue weighted by molar-refractivity contribution is 9.11. The van der Waals surface area contributed by atoms with Crippen molar-refractivity contribution in [2.45, 2.75) is 26.2 Å². The summed E-state index contributed by atoms with van der Waals surface area (Å²) in [5, 5.41) is 0. The summed E-state index contributed by atoms with van der Waals surface area (Å²) >= 11 is 5.00. The predicted molar refractivity (Wildman–Crippen MR) is 66.5 cm³/mol. The van der Waals surface area contributed by atoms with Gasteiger partial charge in [0.15, 0.2) is 0 Å². The van der Waals surface area contributed by atoms with E-state index >= 15 is 0 Å². The lowest BCUT2D eigenvalue weighted by molar-refractivity contribution is 0.0729. The summed E-state index contributed by atoms with van der Waals surface area (Å²) in [4.78, 5) is 14.9. The average Bonchev–Trinajstić information content (AvgIpc) is 2.59. The number of aryl methyl sites for hydroxylation is 1. The first-order valence-corrected chi connectivity index (χ1v) is 6.84. The summed E-state index contributed by atoms with van der Waals surface area (Å²) < 4.78 is 1.07. The first-order valence-electron chi connectivity index (χ1n) is 5.23. The van der Waals surface area contributed by atoms with E-state index in [4.69, 9.17) is 0 Å². The number of amides is 1. The number of piperidine rings is 1. The maximum absolute atomic E-state index is 12.1. The molecule has 0 aromatic carbocycles. The molecule has 2 heterocycles. The van der Waals surface area contributed by atoms with Crippen molar-refractivity contribution in [2.75, 3.05) is 13.1 Å². The van der Waals surface area contributed by atoms with Crippen molar-refractivity contribution in [3.63, 3.8) is 0 Å². The van der Waals surface area contributed by atoms with Crippen LogP contribution in [0.25, 0.3) is 0 Å². The van der Waals surface area contributed by atoms with Gasteiger partial charge in [-0.25, -0.2) is 0 Å². The lowest BCUT2D eigenvalue weighted by Crippen LogP contribution is -2.35. The molecule has 1 aliphatic heterocycles. The molecule has 15 heavy (non-hydrogen) atoms. The molecule has 4 heteroatoms. The van der Waals surface area contributed by atoms with E-state index in [0.29, 0.717) is 0 Å². The molecule has 1 aromatic rings. The summed E-state index contributed by atoms with van der Waals surface area (Å²) in [6.45, 7) is 3.87. The number of rotatable bonds is 1. The first kappa shape index (κ1) is 11.1. The van der Waals surface area contributed by atoms with Gasteiger partial charge in [0.1, 0.15) is 0 Å². The highest BCUT2D eigenvalue weighted by atomic mass is 79.9. The number of carbonyl (C=O) groups excluding carboxylic acids is 1. The van der Waals surface area contributed by atoms with Crippen LogP contribution in [0.1, 0.15) is 34.5 Å². The Morgan fingerprint density at radius 3 is 2.60 bits per heavy atom. The van der Waals surface area contributed by atoms with Crippen LogP contribution in [0.2, 0.25) is 0 Å². The maximum Gasteiger partial charge on any atom is 0.263 e. The predicted octanol–water partition coefficient (Wildman–Crippen LogP) is 3.45. The van der Waals surface area contributed by atoms with E-state index in [-0.39, 0.29) is 5.91 Å². The van der Waals surface area contributed by atoms with E-state index in [1.54, 1.807) is 11.3 Å². The molecule has 0 saturated carbocycles. The fourth-order valence-electron chi connectivity index (χ4n) is 1.82. The highest BCUT2D eigenvalue weighted by Crippen LogP contribution is 2.28. The Labute approximate surface area is 102 Å². The molecule has 1 aliphatic rings. The molecule has 1 fully saturated rings. The second kappa shape index (κ2) is 4.66. The molecule has 1 amide bonds. The molecule has 82 valence electrons. The Kier molecular flexibility index (Phi) is 3.46. The minimum Gasteiger partial charge on any atom is -0.338 e. The van der Waals surface area contributed by atoms with Gasteiger partial charge >= 0.3 is 0 Å². The number of halogens is 1. The van der Waals surface area contributed by atoms with E-state index in [2.05, 4.69) is 15.9 Å². The van der Waals surface area contributed by atoms with Gasteiger partial charge in [0.25, 0.3) is 5.91 Å². The Morgan fingerprint density at radius 2 is 2.07 bits per heavy atom. The fraction of sp³-hybridized carbons (Fsp3) is 0.545. The van der Waals surface area contributed by atoms with E-state index in [1.807, 2.05) is 17.9 Å². The van der Waals surface area contributed by atoms with Crippen LogP contribution < -0.4 is 0 Å². The quantitative estimate of drug-likeness (QED) is 0.775. The van der Waals surface area contributed by atoms with Crippen LogP contribution in [0.15, 0.2) is 9.85 Å². The number of carbonyl (C=O) groups is 1. The van der Waals surface area contributed by atoms with Gasteiger partial charge in [0.05, 0.1) is 8.66 Å². The Bertz CT molecular complexity index is 349. The minimum atomic E-state index is 0.202. The van der Waals surface area contributed by atoms with Crippen LogP contribution in [-0.4, -0.2) is 23.9 Å². The van der Waals surface area contributed by atoms with Crippen LogP contribution in [0.3, 0.4) is 0 Å². The summed E-state index contributed by atoms with van der Waals surface area (Å²) in [6, 6.07) is 1.98. The van der Waals surface area contributed by atoms with Crippen LogP contribution >= 0.6 is 27.3 Å². The summed E-state index contributed by atoms with van der Waals surface area (Å²) in [5.41, 5.74) is 1.15. The van der Waals surface area contributed by atoms with Crippen molar-refractivity contribution >= 4 is 33.2 Å². The third-order valence-corrected chi connectivity index (χ3v) is 4.84. The van der Waals surface area contributed by atoms with Gasteiger partial charge in [0.2, 0.25) is 0 Å². The topological polar surface area (TPSA) is 20.3 Å². The summed E-state index contributed by atoms with van der Waals surface area (Å²) in [6.07, 6.45) is 3.56. The third-order valence-electron chi connectivity index (χ3n) is 2.71. The standard InChI is InChI=1S/C11H14BrNOS/c1-8-7-9(15-10(8)12)11(14)13-5-3-2-4-6-13/h7H,2-6H2,1H3. The van der Waals surface area contributed by atoms with Crippen molar-refractivity contribution in [1.29, 1.82) is 0 Å². The molecule has 1 saturated heterocycles. The SMILES string of the molecule is Cc1cc(C(=O)N2CCCCC2)sc1Br. The molecule has 0 atom stereocenters. The number of hydrogen-bond donors (Lipinski definition) is 0. The molecule has 2 nitrogen and oxygen atoms in total. The molecule has 1 aromatic heterocycles. The zero-order valence-electron chi connectivity index (χ0n) is 8.75. The zero-order chi connectivity index (χ0) is 10.8. The molecule has 2 rings (SSSR count). The summed E-state index contributed by atoms with van der Waals surface area (Å²) in [7, 11) is 0. The van der Waals surface area contributed by atoms with Gasteiger partial charge in [0, 0.05) is 13.1 Å². The number of likely N-dealkylation sites (tertiary alicyclic amines) is 1. The van der Waals surface area contributed by atoms with Crippen molar-refractivity contribution in [3.05, 3.63) is 20.3 Å². The van der Waals surface area contributed by atoms with Crippen molar-refractivity contribution in [2.24, 2.45) is 0 Å². The second-order valence-electron chi connectivity index (χ2n) is 3.92. The minimum absolute atomic E-state index is 0.202. The van der Waals surface area contributed by atoms with Crippen LogP contribution in [-0.2, 0) is 0 Å². The molecule has 0 spiro atoms. The van der Waals surface area contributed by atoms with Crippen LogP contribution in [0.5, 0.6) is 0 Å². The van der Waals surface area contributed by atoms with E-state index in [9.17, 15) is 4.79 Å². The van der Waals surface area contributed by atoms with Gasteiger partial charge in [-0.2, -0.15) is 0 Å². The van der Waals surface area contributed by atoms with E-state index in [1.165, 1.54) is 6.42 Å². The highest BCUT2D eigenvalue weighted by Gasteiger charge is 2.20. The zero-order valence-corrected chi connectivity index (χ0v) is 11.2. The van der Waals surface area contributed by atoms with Gasteiger partial charge < -0.3 is 4.90 Å². The Morgan fingerprint density at radius 1 is 1.40 bits per heavy atom. The van der Waals surface area contributed by atoms with Gasteiger partial charge in [-0.1, -0.05) is 0 Å². The fourth-order valence-corrected chi connectivity index (χ4v) is 3.32. The van der Waals surface area contributed by atoms with E-state index in [0.717, 1.165) is 40.2 Å². The first-order chi connectivity index (χ1) is 7.18. The average molecular weight is 288 g/mol. The van der Waals surface area contributed by atoms with Gasteiger partial charge in [-0.05, 0) is 53.7 Å². The molecule has 0 bridgehead atoms. The number of thiophene rings is 1. The van der Waals surface area contributed by atoms with Crippen molar-refractivity contribution in [3.8, 4) is 0 Å². The number of nitrogens with zero attached hydrogens (tertiary/aromatic N) is 1. The smallest absolute Gasteiger partial charge is 0.263 e. The second-order valence-corrected chi connectivity index (χ2v) is 6.29. The summed E-state index contributed by atoms with van der Waals surface area (Å²) in [5.74, 6) is 0.202. The monoisotopic (exact) mass is 287 g/mol. The normalized spacial score (nSPS) is 16.8. The Hall–Kier alpha value is -0.350. The Balaban J connectivity index is 2.12. The largest absolute Gasteiger partial charge is 0.338 e. The molecular weight excluding hydrogens is 274 g/mol. The lowest BCUT2D eigenvalue weighted by atomic mass is 10.1. The number of hydrogen-bond acceptors (Lipinski definition) is 2. The molecule has 0 N–H and O–H groups in total. The molecule has 0 radical (unpaired) electrons. The van der Waals surface area contributed by atoms with E-state index < -0.39 is 0 Å². The van der Waals surface area contributed by atoms with Crippen molar-refractivity contribution < 1.29 is 4.79 Å². The molecule has 0 aliphatic carbocycles. The van der Waals surface area contributed by atoms with Crippen LogP contribution in [0.4, 0.5) is 0 Å². The van der Waals surface area contributed by atoms with Gasteiger partial charge in [-0.3, -0.25) is 4.79 Å². The molecule has 0 unspecified atom stereocenters. The van der Waals surface area contributed by atoms with Crippen LogP contribution in [0, 0.1) is 6.92 Å². The molecular formula is C11H14BrNOS. The van der Waals surface area contributed by atoms with Crippen molar-refractivity contribution in [1.82, 2.24) is 4.90 Å². The maximum atomic E-state index is 12.1. The third kappa shape index (κ3) is 2.42. The lowest BCUT2D eigenvalue weighted by Gasteiger charge is -2.26.